The SMILES string of the molecule is C[C@H]1[C@H]([N+]2=Cc3ccccc3CC2)C[C@@H]2C[C@H]1C2(C)C.[O-][I+3]([O-])([O-])[O-]. The number of fused-ring (bicyclic) bond motifs is 3. The van der Waals surface area contributed by atoms with E-state index in [2.05, 4.69) is 55.8 Å². The summed E-state index contributed by atoms with van der Waals surface area (Å²) in [5.74, 6) is 2.74. The molecule has 5 nitrogen and oxygen atoms in total. The second kappa shape index (κ2) is 6.88. The van der Waals surface area contributed by atoms with Crippen molar-refractivity contribution in [1.29, 1.82) is 0 Å². The van der Waals surface area contributed by atoms with Crippen molar-refractivity contribution in [2.45, 2.75) is 46.1 Å². The van der Waals surface area contributed by atoms with Gasteiger partial charge in [0, 0.05) is 24.3 Å². The molecule has 138 valence electrons. The van der Waals surface area contributed by atoms with Crippen LogP contribution in [0.1, 0.15) is 44.7 Å². The van der Waals surface area contributed by atoms with Gasteiger partial charge in [-0.2, -0.15) is 0 Å². The van der Waals surface area contributed by atoms with Crippen molar-refractivity contribution >= 4 is 6.21 Å². The van der Waals surface area contributed by atoms with Crippen LogP contribution in [0.2, 0.25) is 0 Å². The highest BCUT2D eigenvalue weighted by Gasteiger charge is 2.59. The smallest absolute Gasteiger partial charge is 0.171 e. The largest absolute Gasteiger partial charge is 0.286 e. The second-order valence-corrected chi connectivity index (χ2v) is 10.4. The molecule has 1 aliphatic heterocycles. The van der Waals surface area contributed by atoms with Gasteiger partial charge in [-0.1, -0.05) is 39.0 Å². The van der Waals surface area contributed by atoms with Crippen molar-refractivity contribution < 1.29 is 38.4 Å². The van der Waals surface area contributed by atoms with Crippen molar-refractivity contribution in [1.82, 2.24) is 0 Å². The molecule has 3 fully saturated rings. The van der Waals surface area contributed by atoms with E-state index in [1.165, 1.54) is 36.9 Å². The van der Waals surface area contributed by atoms with E-state index in [1.807, 2.05) is 0 Å². The first-order valence-corrected chi connectivity index (χ1v) is 12.4. The number of rotatable bonds is 1. The van der Waals surface area contributed by atoms with E-state index in [1.54, 1.807) is 0 Å². The Morgan fingerprint density at radius 2 is 1.72 bits per heavy atom. The van der Waals surface area contributed by atoms with E-state index in [9.17, 15) is 0 Å². The highest BCUT2D eigenvalue weighted by molar-refractivity contribution is 5.78. The van der Waals surface area contributed by atoms with Gasteiger partial charge in [-0.3, -0.25) is 13.7 Å². The van der Waals surface area contributed by atoms with Crippen molar-refractivity contribution in [3.05, 3.63) is 35.4 Å². The molecule has 1 aromatic carbocycles. The molecule has 3 saturated carbocycles. The van der Waals surface area contributed by atoms with E-state index < -0.39 is 20.1 Å². The lowest BCUT2D eigenvalue weighted by Gasteiger charge is -2.60. The average Bonchev–Trinajstić information content (AvgIpc) is 2.52. The van der Waals surface area contributed by atoms with Crippen LogP contribution in [0.15, 0.2) is 24.3 Å². The molecular formula is C19H26INO4. The Bertz CT molecular complexity index is 662. The van der Waals surface area contributed by atoms with Gasteiger partial charge in [-0.05, 0) is 35.3 Å². The van der Waals surface area contributed by atoms with Crippen LogP contribution < -0.4 is 33.8 Å². The van der Waals surface area contributed by atoms with Gasteiger partial charge < -0.3 is 0 Å². The summed E-state index contributed by atoms with van der Waals surface area (Å²) in [7, 11) is 0. The summed E-state index contributed by atoms with van der Waals surface area (Å²) in [5, 5.41) is 0. The maximum atomic E-state index is 8.62. The predicted octanol–water partition coefficient (Wildman–Crippen LogP) is -4.01. The molecule has 0 spiro atoms. The van der Waals surface area contributed by atoms with Crippen LogP contribution in [0.3, 0.4) is 0 Å². The molecule has 0 saturated heterocycles. The monoisotopic (exact) mass is 459 g/mol. The molecule has 3 aliphatic carbocycles. The number of benzene rings is 1. The van der Waals surface area contributed by atoms with Crippen molar-refractivity contribution in [3.63, 3.8) is 0 Å². The summed E-state index contributed by atoms with van der Waals surface area (Å²) < 4.78 is 37.1. The zero-order valence-electron chi connectivity index (χ0n) is 15.0. The molecule has 1 heterocycles. The molecule has 6 heteroatoms. The third-order valence-corrected chi connectivity index (χ3v) is 6.74. The summed E-state index contributed by atoms with van der Waals surface area (Å²) >= 11 is -5.94. The molecule has 0 radical (unpaired) electrons. The Morgan fingerprint density at radius 3 is 2.32 bits per heavy atom. The minimum atomic E-state index is -5.94. The Kier molecular flexibility index (Phi) is 5.30. The molecule has 0 aromatic heterocycles. The van der Waals surface area contributed by atoms with Crippen molar-refractivity contribution in [3.8, 4) is 0 Å². The topological polar surface area (TPSA) is 95.2 Å². The van der Waals surface area contributed by atoms with Crippen LogP contribution in [0.4, 0.5) is 0 Å². The average molecular weight is 459 g/mol. The van der Waals surface area contributed by atoms with E-state index in [0.29, 0.717) is 5.41 Å². The third kappa shape index (κ3) is 4.08. The summed E-state index contributed by atoms with van der Waals surface area (Å²) in [4.78, 5) is 0. The van der Waals surface area contributed by atoms with E-state index in [0.717, 1.165) is 23.8 Å². The first kappa shape index (κ1) is 19.2. The normalized spacial score (nSPS) is 32.5. The fourth-order valence-electron chi connectivity index (χ4n) is 5.20. The second-order valence-electron chi connectivity index (χ2n) is 8.22. The van der Waals surface area contributed by atoms with Gasteiger partial charge >= 0.3 is 0 Å². The van der Waals surface area contributed by atoms with Crippen LogP contribution in [-0.4, -0.2) is 23.4 Å². The number of hydrogen-bond acceptors (Lipinski definition) is 4. The van der Waals surface area contributed by atoms with Crippen molar-refractivity contribution in [2.75, 3.05) is 6.54 Å². The molecule has 4 aliphatic rings. The summed E-state index contributed by atoms with van der Waals surface area (Å²) in [6.07, 6.45) is 6.55. The highest BCUT2D eigenvalue weighted by atomic mass is 127. The highest BCUT2D eigenvalue weighted by Crippen LogP contribution is 2.61. The Labute approximate surface area is 155 Å². The third-order valence-electron chi connectivity index (χ3n) is 6.74. The first-order valence-electron chi connectivity index (χ1n) is 8.87. The molecule has 2 bridgehead atoms. The summed E-state index contributed by atoms with van der Waals surface area (Å²) in [6, 6.07) is 9.68. The molecule has 0 N–H and O–H groups in total. The van der Waals surface area contributed by atoms with Gasteiger partial charge in [0.25, 0.3) is 0 Å². The Balaban J connectivity index is 0.000000324. The molecule has 0 unspecified atom stereocenters. The standard InChI is InChI=1S/C19H26N.IO4/c1-13-17-10-16(19(17,2)3)11-18(13)20-9-8-14-6-4-5-7-15(14)12-20;2-1(3,4)5/h4-7,12-13,16-18H,8-11H2,1-3H3;/q+1;-1/t13-,16+,17-,18-;/m1./s1. The first-order chi connectivity index (χ1) is 11.6. The fourth-order valence-corrected chi connectivity index (χ4v) is 5.20. The fraction of sp³-hybridized carbons (Fsp3) is 0.632. The molecule has 25 heavy (non-hydrogen) atoms. The van der Waals surface area contributed by atoms with Gasteiger partial charge in [0.1, 0.15) is 26.6 Å². The molecule has 4 atom stereocenters. The zero-order valence-corrected chi connectivity index (χ0v) is 17.1. The predicted molar refractivity (Wildman–Crippen MR) is 83.4 cm³/mol. The van der Waals surface area contributed by atoms with Gasteiger partial charge in [0.2, 0.25) is 0 Å². The van der Waals surface area contributed by atoms with Gasteiger partial charge in [0.15, 0.2) is 12.3 Å². The van der Waals surface area contributed by atoms with Crippen LogP contribution >= 0.6 is 0 Å². The quantitative estimate of drug-likeness (QED) is 0.316. The van der Waals surface area contributed by atoms with E-state index in [4.69, 9.17) is 13.7 Å². The van der Waals surface area contributed by atoms with Gasteiger partial charge in [0.05, 0.1) is 0 Å². The number of nitrogens with zero attached hydrogens (tertiary/aromatic N) is 1. The zero-order chi connectivity index (χ0) is 18.4. The lowest BCUT2D eigenvalue weighted by atomic mass is 9.44. The molecule has 0 amide bonds. The van der Waals surface area contributed by atoms with Gasteiger partial charge in [-0.15, -0.1) is 0 Å². The van der Waals surface area contributed by atoms with E-state index >= 15 is 0 Å². The van der Waals surface area contributed by atoms with E-state index in [-0.39, 0.29) is 0 Å². The van der Waals surface area contributed by atoms with Crippen LogP contribution in [0.5, 0.6) is 0 Å². The minimum Gasteiger partial charge on any atom is -0.286 e. The Morgan fingerprint density at radius 1 is 1.08 bits per heavy atom. The Hall–Kier alpha value is -0.540. The lowest BCUT2D eigenvalue weighted by Crippen LogP contribution is -4.29. The maximum absolute atomic E-state index is 8.62. The van der Waals surface area contributed by atoms with Gasteiger partial charge in [-0.25, -0.2) is 4.58 Å². The summed E-state index contributed by atoms with van der Waals surface area (Å²) in [6.45, 7) is 8.70. The summed E-state index contributed by atoms with van der Waals surface area (Å²) in [5.41, 5.74) is 3.58. The number of hydrogen-bond donors (Lipinski definition) is 0. The van der Waals surface area contributed by atoms with Crippen LogP contribution in [0.25, 0.3) is 0 Å². The number of halogens is 1. The van der Waals surface area contributed by atoms with Crippen LogP contribution in [-0.2, 0) is 6.42 Å². The van der Waals surface area contributed by atoms with Crippen molar-refractivity contribution in [2.24, 2.45) is 23.2 Å². The molecule has 1 aromatic rings. The molecule has 5 rings (SSSR count). The van der Waals surface area contributed by atoms with Crippen LogP contribution in [0, 0.1) is 23.2 Å². The lowest BCUT2D eigenvalue weighted by molar-refractivity contribution is -2.00. The molecular weight excluding hydrogens is 433 g/mol. The minimum absolute atomic E-state index is 0.601. The maximum Gasteiger partial charge on any atom is 0.171 e.